The molecule has 1 fully saturated rings. The number of thiophene rings is 1. The lowest BCUT2D eigenvalue weighted by Gasteiger charge is -2.42. The predicted octanol–water partition coefficient (Wildman–Crippen LogP) is 2.35. The third-order valence-corrected chi connectivity index (χ3v) is 13.2. The van der Waals surface area contributed by atoms with Gasteiger partial charge in [0.2, 0.25) is 5.78 Å². The first kappa shape index (κ1) is 33.2. The number of ether oxygens (including phenoxy) is 2. The number of nitrogens with one attached hydrogen (secondary N) is 1. The fourth-order valence-electron chi connectivity index (χ4n) is 5.98. The fraction of sp³-hybridized carbons (Fsp3) is 0.517. The highest BCUT2D eigenvalue weighted by molar-refractivity contribution is 7.28. The van der Waals surface area contributed by atoms with Gasteiger partial charge in [0.1, 0.15) is 23.2 Å². The average Bonchev–Trinajstić information content (AvgIpc) is 3.38. The summed E-state index contributed by atoms with van der Waals surface area (Å²) in [6.45, 7) is 8.48. The van der Waals surface area contributed by atoms with Crippen LogP contribution in [-0.2, 0) is 25.5 Å². The molecule has 1 amide bonds. The number of aliphatic hydroxyl groups is 2. The van der Waals surface area contributed by atoms with E-state index in [-0.39, 0.29) is 21.6 Å². The highest BCUT2D eigenvalue weighted by Crippen LogP contribution is 2.52. The van der Waals surface area contributed by atoms with E-state index in [2.05, 4.69) is 0 Å². The van der Waals surface area contributed by atoms with Crippen molar-refractivity contribution in [2.24, 2.45) is 0 Å². The van der Waals surface area contributed by atoms with E-state index in [4.69, 9.17) is 9.47 Å². The van der Waals surface area contributed by atoms with Crippen molar-refractivity contribution in [1.29, 1.82) is 0 Å². The number of fused-ring (bicyclic) bond motifs is 3. The van der Waals surface area contributed by atoms with Crippen LogP contribution in [0, 0.1) is 0 Å². The molecule has 6 atom stereocenters. The number of ketones is 3. The van der Waals surface area contributed by atoms with Gasteiger partial charge in [0.05, 0.1) is 42.3 Å². The van der Waals surface area contributed by atoms with E-state index in [1.807, 2.05) is 19.6 Å². The molecule has 0 spiro atoms. The maximum Gasteiger partial charge on any atom is 0.471 e. The SMILES string of the molecule is CC(=O)[C@@]1(O)Cc2c(O)c3c(c(O)c2[C@H](O[C@H]2C[C@H](NC(=O)C(F)(F)F)[C@H](O)[C@H](C)O2)C1)C(=O)c1sc([Si](C)(C)C)cc1C3=O. The van der Waals surface area contributed by atoms with Crippen LogP contribution in [0.2, 0.25) is 19.6 Å². The molecule has 45 heavy (non-hydrogen) atoms. The minimum absolute atomic E-state index is 0.0742. The van der Waals surface area contributed by atoms with Crippen LogP contribution in [0.5, 0.6) is 11.5 Å². The van der Waals surface area contributed by atoms with Crippen molar-refractivity contribution in [2.45, 2.75) is 95.2 Å². The van der Waals surface area contributed by atoms with Gasteiger partial charge in [-0.25, -0.2) is 0 Å². The van der Waals surface area contributed by atoms with Gasteiger partial charge in [-0.05, 0) is 24.4 Å². The summed E-state index contributed by atoms with van der Waals surface area (Å²) in [4.78, 5) is 51.8. The maximum absolute atomic E-state index is 13.8. The molecule has 0 radical (unpaired) electrons. The molecule has 0 bridgehead atoms. The Morgan fingerprint density at radius 2 is 1.76 bits per heavy atom. The number of amides is 1. The number of phenolic OH excluding ortho intramolecular Hbond substituents is 2. The van der Waals surface area contributed by atoms with Crippen LogP contribution in [0.25, 0.3) is 0 Å². The number of carbonyl (C=O) groups is 4. The summed E-state index contributed by atoms with van der Waals surface area (Å²) in [5, 5.41) is 46.4. The Morgan fingerprint density at radius 3 is 2.33 bits per heavy atom. The zero-order chi connectivity index (χ0) is 33.5. The first-order valence-corrected chi connectivity index (χ1v) is 18.4. The molecule has 5 N–H and O–H groups in total. The van der Waals surface area contributed by atoms with Crippen molar-refractivity contribution in [3.8, 4) is 11.5 Å². The van der Waals surface area contributed by atoms with Gasteiger partial charge in [-0.2, -0.15) is 13.2 Å². The van der Waals surface area contributed by atoms with Crippen LogP contribution in [0.15, 0.2) is 6.07 Å². The molecule has 5 rings (SSSR count). The van der Waals surface area contributed by atoms with Crippen LogP contribution in [0.3, 0.4) is 0 Å². The van der Waals surface area contributed by atoms with Crippen molar-refractivity contribution in [3.63, 3.8) is 0 Å². The van der Waals surface area contributed by atoms with Crippen LogP contribution >= 0.6 is 11.3 Å². The topological polar surface area (TPSA) is 180 Å². The zero-order valence-electron chi connectivity index (χ0n) is 24.9. The second kappa shape index (κ2) is 11.0. The summed E-state index contributed by atoms with van der Waals surface area (Å²) in [6, 6.07) is 0.137. The van der Waals surface area contributed by atoms with Gasteiger partial charge < -0.3 is 35.2 Å². The number of halogens is 3. The monoisotopic (exact) mass is 671 g/mol. The van der Waals surface area contributed by atoms with E-state index in [0.717, 1.165) is 22.8 Å². The summed E-state index contributed by atoms with van der Waals surface area (Å²) in [5.74, 6) is -5.91. The van der Waals surface area contributed by atoms with Crippen LogP contribution in [-0.4, -0.2) is 88.1 Å². The van der Waals surface area contributed by atoms with Crippen LogP contribution in [0.1, 0.15) is 75.1 Å². The highest BCUT2D eigenvalue weighted by Gasteiger charge is 2.50. The molecule has 1 aromatic heterocycles. The van der Waals surface area contributed by atoms with E-state index in [1.165, 1.54) is 6.92 Å². The second-order valence-corrected chi connectivity index (χ2v) is 19.2. The Kier molecular flexibility index (Phi) is 8.11. The Balaban J connectivity index is 1.59. The molecule has 3 aliphatic rings. The number of rotatable bonds is 5. The quantitative estimate of drug-likeness (QED) is 0.200. The molecule has 2 heterocycles. The summed E-state index contributed by atoms with van der Waals surface area (Å²) in [5.41, 5.74) is -3.49. The van der Waals surface area contributed by atoms with Gasteiger partial charge in [-0.1, -0.05) is 19.6 Å². The molecular weight excluding hydrogens is 639 g/mol. The number of alkyl halides is 3. The molecule has 1 aromatic carbocycles. The molecule has 11 nitrogen and oxygen atoms in total. The number of Topliss-reactive ketones (excluding diaryl/α,β-unsaturated/α-hetero) is 1. The van der Waals surface area contributed by atoms with Gasteiger partial charge in [-0.3, -0.25) is 19.2 Å². The predicted molar refractivity (Wildman–Crippen MR) is 155 cm³/mol. The Hall–Kier alpha value is -3.15. The van der Waals surface area contributed by atoms with E-state index < -0.39 is 116 Å². The van der Waals surface area contributed by atoms with Crippen molar-refractivity contribution in [3.05, 3.63) is 38.8 Å². The van der Waals surface area contributed by atoms with Crippen LogP contribution in [0.4, 0.5) is 13.2 Å². The van der Waals surface area contributed by atoms with E-state index in [9.17, 15) is 52.8 Å². The fourth-order valence-corrected chi connectivity index (χ4v) is 8.94. The van der Waals surface area contributed by atoms with Gasteiger partial charge >= 0.3 is 12.1 Å². The summed E-state index contributed by atoms with van der Waals surface area (Å²) >= 11 is 1.13. The second-order valence-electron chi connectivity index (χ2n) is 12.8. The molecule has 16 heteroatoms. The molecule has 0 unspecified atom stereocenters. The Labute approximate surface area is 260 Å². The Morgan fingerprint density at radius 1 is 1.13 bits per heavy atom. The van der Waals surface area contributed by atoms with E-state index >= 15 is 0 Å². The number of phenols is 2. The van der Waals surface area contributed by atoms with Crippen molar-refractivity contribution >= 4 is 47.2 Å². The maximum atomic E-state index is 13.8. The number of hydrogen-bond acceptors (Lipinski definition) is 11. The normalized spacial score (nSPS) is 28.3. The lowest BCUT2D eigenvalue weighted by atomic mass is 9.73. The standard InChI is InChI=1S/C29H32F3NO10SSi/c1-10-21(35)14(33-27(40)29(30,31)32)7-16(42-10)43-15-9-28(41,11(2)34)8-13-18(15)24(38)20-19(23(13)37)22(36)12-6-17(45(3,4)5)44-26(12)25(20)39/h6,10,14-16,21,35,37-38,41H,7-9H2,1-5H3,(H,33,40)/t10-,14-,15+,16-,21+,28+/m0/s1. The molecule has 0 saturated carbocycles. The average molecular weight is 672 g/mol. The number of aromatic hydroxyl groups is 2. The first-order chi connectivity index (χ1) is 20.7. The van der Waals surface area contributed by atoms with Crippen molar-refractivity contribution in [2.75, 3.05) is 0 Å². The number of carbonyl (C=O) groups excluding carboxylic acids is 4. The van der Waals surface area contributed by atoms with Gasteiger partial charge in [0, 0.05) is 36.0 Å². The third-order valence-electron chi connectivity index (χ3n) is 8.53. The van der Waals surface area contributed by atoms with Gasteiger partial charge in [0.15, 0.2) is 17.9 Å². The molecule has 1 saturated heterocycles. The van der Waals surface area contributed by atoms with Crippen molar-refractivity contribution in [1.82, 2.24) is 5.32 Å². The summed E-state index contributed by atoms with van der Waals surface area (Å²) < 4.78 is 51.3. The minimum atomic E-state index is -5.23. The molecule has 2 aromatic rings. The lowest BCUT2D eigenvalue weighted by Crippen LogP contribution is -2.57. The van der Waals surface area contributed by atoms with Gasteiger partial charge in [0.25, 0.3) is 0 Å². The van der Waals surface area contributed by atoms with Crippen molar-refractivity contribution < 1.29 is 62.2 Å². The first-order valence-electron chi connectivity index (χ1n) is 14.1. The summed E-state index contributed by atoms with van der Waals surface area (Å²) in [6.07, 6.45) is -12.5. The largest absolute Gasteiger partial charge is 0.507 e. The zero-order valence-corrected chi connectivity index (χ0v) is 26.7. The number of benzene rings is 1. The summed E-state index contributed by atoms with van der Waals surface area (Å²) in [7, 11) is -1.99. The van der Waals surface area contributed by atoms with Crippen LogP contribution < -0.4 is 9.82 Å². The molecule has 244 valence electrons. The number of hydrogen-bond donors (Lipinski definition) is 5. The third kappa shape index (κ3) is 5.61. The molecule has 1 aliphatic heterocycles. The lowest BCUT2D eigenvalue weighted by molar-refractivity contribution is -0.250. The van der Waals surface area contributed by atoms with Gasteiger partial charge in [-0.15, -0.1) is 11.3 Å². The smallest absolute Gasteiger partial charge is 0.471 e. The minimum Gasteiger partial charge on any atom is -0.507 e. The number of aliphatic hydroxyl groups excluding tert-OH is 1. The highest BCUT2D eigenvalue weighted by atomic mass is 32.1. The van der Waals surface area contributed by atoms with E-state index in [1.54, 1.807) is 11.4 Å². The molecular formula is C29H32F3NO10SSi. The van der Waals surface area contributed by atoms with E-state index in [0.29, 0.717) is 0 Å². The Bertz CT molecular complexity index is 1630. The molecule has 2 aliphatic carbocycles.